The van der Waals surface area contributed by atoms with Crippen molar-refractivity contribution in [1.82, 2.24) is 4.90 Å². The zero-order valence-corrected chi connectivity index (χ0v) is 15.7. The number of rotatable bonds is 7. The lowest BCUT2D eigenvalue weighted by atomic mass is 10.2. The molecule has 0 saturated heterocycles. The number of para-hydroxylation sites is 1. The van der Waals surface area contributed by atoms with Crippen molar-refractivity contribution >= 4 is 23.9 Å². The van der Waals surface area contributed by atoms with E-state index in [1.807, 2.05) is 19.1 Å². The number of allylic oxidation sites excluding steroid dienone is 3. The van der Waals surface area contributed by atoms with E-state index in [4.69, 9.17) is 0 Å². The number of likely N-dealkylation sites (N-methyl/N-ethyl adjacent to an activating group) is 1. The third-order valence-corrected chi connectivity index (χ3v) is 3.35. The van der Waals surface area contributed by atoms with Crippen LogP contribution >= 0.6 is 0 Å². The van der Waals surface area contributed by atoms with E-state index in [1.165, 1.54) is 31.1 Å². The molecule has 140 valence electrons. The summed E-state index contributed by atoms with van der Waals surface area (Å²) >= 11 is 0. The number of nitrogens with zero attached hydrogens (tertiary/aromatic N) is 1. The molecule has 0 aliphatic heterocycles. The minimum absolute atomic E-state index is 0.0944. The molecule has 0 bridgehead atoms. The van der Waals surface area contributed by atoms with Crippen LogP contribution in [-0.2, 0) is 14.3 Å². The molecule has 1 aromatic rings. The molecule has 1 rings (SSSR count). The maximum absolute atomic E-state index is 11.1. The first-order chi connectivity index (χ1) is 12.4. The van der Waals surface area contributed by atoms with Gasteiger partial charge in [0.05, 0.1) is 12.7 Å². The number of nitrogens with one attached hydrogen (secondary N) is 1. The van der Waals surface area contributed by atoms with Crippen molar-refractivity contribution in [3.63, 3.8) is 0 Å². The fourth-order valence-corrected chi connectivity index (χ4v) is 2.03. The van der Waals surface area contributed by atoms with Crippen LogP contribution in [-0.4, -0.2) is 43.8 Å². The Bertz CT molecular complexity index is 683. The Morgan fingerprint density at radius 2 is 1.92 bits per heavy atom. The Morgan fingerprint density at radius 3 is 2.35 bits per heavy atom. The summed E-state index contributed by atoms with van der Waals surface area (Å²) in [5.41, 5.74) is 2.25. The maximum atomic E-state index is 11.1. The molecular weight excluding hydrogens is 332 g/mol. The van der Waals surface area contributed by atoms with Crippen LogP contribution in [0.5, 0.6) is 0 Å². The average molecular weight is 358 g/mol. The summed E-state index contributed by atoms with van der Waals surface area (Å²) in [6, 6.07) is 7.20. The molecule has 0 heterocycles. The van der Waals surface area contributed by atoms with Gasteiger partial charge in [-0.15, -0.1) is 0 Å². The Kier molecular flexibility index (Phi) is 10.8. The van der Waals surface area contributed by atoms with Crippen molar-refractivity contribution in [2.75, 3.05) is 26.0 Å². The smallest absolute Gasteiger partial charge is 0.339 e. The minimum Gasteiger partial charge on any atom is -0.465 e. The summed E-state index contributed by atoms with van der Waals surface area (Å²) < 4.78 is 4.60. The monoisotopic (exact) mass is 358 g/mol. The van der Waals surface area contributed by atoms with Gasteiger partial charge in [0.15, 0.2) is 0 Å². The van der Waals surface area contributed by atoms with E-state index in [9.17, 15) is 14.4 Å². The molecule has 0 aliphatic rings. The van der Waals surface area contributed by atoms with E-state index < -0.39 is 0 Å². The van der Waals surface area contributed by atoms with Gasteiger partial charge < -0.3 is 15.0 Å². The van der Waals surface area contributed by atoms with Gasteiger partial charge >= 0.3 is 5.97 Å². The normalized spacial score (nSPS) is 9.92. The van der Waals surface area contributed by atoms with E-state index in [1.54, 1.807) is 19.2 Å². The van der Waals surface area contributed by atoms with E-state index in [2.05, 4.69) is 23.2 Å². The van der Waals surface area contributed by atoms with Crippen LogP contribution in [0.4, 0.5) is 5.69 Å². The summed E-state index contributed by atoms with van der Waals surface area (Å²) in [4.78, 5) is 34.2. The van der Waals surface area contributed by atoms with Crippen LogP contribution in [0.15, 0.2) is 60.8 Å². The van der Waals surface area contributed by atoms with E-state index in [-0.39, 0.29) is 11.9 Å². The van der Waals surface area contributed by atoms with Gasteiger partial charge in [-0.05, 0) is 25.1 Å². The Hall–Kier alpha value is -3.15. The van der Waals surface area contributed by atoms with Crippen LogP contribution in [0.25, 0.3) is 0 Å². The summed E-state index contributed by atoms with van der Waals surface area (Å²) in [6.45, 7) is 11.0. The Morgan fingerprint density at radius 1 is 1.31 bits per heavy atom. The van der Waals surface area contributed by atoms with Crippen LogP contribution in [0.2, 0.25) is 0 Å². The van der Waals surface area contributed by atoms with Gasteiger partial charge in [0.2, 0.25) is 5.91 Å². The summed E-state index contributed by atoms with van der Waals surface area (Å²) in [6.07, 6.45) is 3.63. The zero-order valence-electron chi connectivity index (χ0n) is 15.7. The fraction of sp³-hybridized carbons (Fsp3) is 0.250. The third kappa shape index (κ3) is 7.17. The number of esters is 1. The molecule has 0 saturated carbocycles. The third-order valence-electron chi connectivity index (χ3n) is 3.35. The lowest BCUT2D eigenvalue weighted by Crippen LogP contribution is -2.26. The number of carbonyl (C=O) groups excluding carboxylic acids is 3. The molecule has 1 N–H and O–H groups in total. The van der Waals surface area contributed by atoms with Gasteiger partial charge in [-0.1, -0.05) is 31.4 Å². The van der Waals surface area contributed by atoms with Gasteiger partial charge in [0.1, 0.15) is 6.29 Å². The number of benzene rings is 1. The molecule has 0 radical (unpaired) electrons. The number of hydrogen-bond acceptors (Lipinski definition) is 5. The number of hydrogen-bond donors (Lipinski definition) is 1. The highest BCUT2D eigenvalue weighted by atomic mass is 16.5. The number of anilines is 1. The van der Waals surface area contributed by atoms with Crippen molar-refractivity contribution in [1.29, 1.82) is 0 Å². The highest BCUT2D eigenvalue weighted by Gasteiger charge is 2.09. The number of amides is 1. The predicted octanol–water partition coefficient (Wildman–Crippen LogP) is 3.19. The van der Waals surface area contributed by atoms with Crippen molar-refractivity contribution in [2.45, 2.75) is 13.8 Å². The molecule has 0 atom stereocenters. The standard InChI is InChI=1S/C11H15NO2.C9H11NO2/c1-5-11(8-13)7-9(3)12(6-2)10(4)14;1-10-8-6-4-3-5-7(8)9(11)12-2/h5,7-8H,1,3,6H2,2,4H3;3-6,10H,1-2H3/b11-7+;. The van der Waals surface area contributed by atoms with Crippen LogP contribution in [0, 0.1) is 0 Å². The number of ether oxygens (including phenoxy) is 1. The van der Waals surface area contributed by atoms with Crippen molar-refractivity contribution in [3.8, 4) is 0 Å². The lowest BCUT2D eigenvalue weighted by Gasteiger charge is -2.19. The molecule has 0 aromatic heterocycles. The molecule has 6 heteroatoms. The molecule has 0 fully saturated rings. The molecule has 1 amide bonds. The van der Waals surface area contributed by atoms with Gasteiger partial charge in [-0.2, -0.15) is 0 Å². The first-order valence-electron chi connectivity index (χ1n) is 7.97. The van der Waals surface area contributed by atoms with Crippen LogP contribution < -0.4 is 5.32 Å². The van der Waals surface area contributed by atoms with Crippen LogP contribution in [0.1, 0.15) is 24.2 Å². The van der Waals surface area contributed by atoms with Gasteiger partial charge in [-0.25, -0.2) is 4.79 Å². The van der Waals surface area contributed by atoms with Gasteiger partial charge in [0, 0.05) is 37.5 Å². The van der Waals surface area contributed by atoms with Gasteiger partial charge in [0.25, 0.3) is 0 Å². The number of carbonyl (C=O) groups is 3. The lowest BCUT2D eigenvalue weighted by molar-refractivity contribution is -0.126. The SMILES string of the molecule is C=C/C(C=O)=C\C(=C)N(CC)C(C)=O.CNc1ccccc1C(=O)OC. The first kappa shape index (κ1) is 22.9. The summed E-state index contributed by atoms with van der Waals surface area (Å²) in [5, 5.41) is 2.91. The highest BCUT2D eigenvalue weighted by Crippen LogP contribution is 2.14. The first-order valence-corrected chi connectivity index (χ1v) is 7.97. The minimum atomic E-state index is -0.319. The second kappa shape index (κ2) is 12.2. The second-order valence-electron chi connectivity index (χ2n) is 5.01. The average Bonchev–Trinajstić information content (AvgIpc) is 2.66. The zero-order chi connectivity index (χ0) is 20.1. The molecule has 26 heavy (non-hydrogen) atoms. The highest BCUT2D eigenvalue weighted by molar-refractivity contribution is 5.95. The molecule has 6 nitrogen and oxygen atoms in total. The number of methoxy groups -OCH3 is 1. The fourth-order valence-electron chi connectivity index (χ4n) is 2.03. The van der Waals surface area contributed by atoms with Crippen LogP contribution in [0.3, 0.4) is 0 Å². The van der Waals surface area contributed by atoms with Gasteiger partial charge in [-0.3, -0.25) is 9.59 Å². The predicted molar refractivity (Wildman–Crippen MR) is 104 cm³/mol. The Labute approximate surface area is 154 Å². The van der Waals surface area contributed by atoms with E-state index in [0.29, 0.717) is 29.7 Å². The second-order valence-corrected chi connectivity index (χ2v) is 5.01. The van der Waals surface area contributed by atoms with E-state index in [0.717, 1.165) is 5.69 Å². The number of aldehydes is 1. The Balaban J connectivity index is 0.000000485. The van der Waals surface area contributed by atoms with Crippen molar-refractivity contribution in [3.05, 3.63) is 66.4 Å². The molecule has 0 spiro atoms. The van der Waals surface area contributed by atoms with Crippen molar-refractivity contribution < 1.29 is 19.1 Å². The van der Waals surface area contributed by atoms with Crippen molar-refractivity contribution in [2.24, 2.45) is 0 Å². The quantitative estimate of drug-likeness (QED) is 0.351. The van der Waals surface area contributed by atoms with E-state index >= 15 is 0 Å². The molecule has 0 unspecified atom stereocenters. The molecule has 1 aromatic carbocycles. The molecule has 0 aliphatic carbocycles. The maximum Gasteiger partial charge on any atom is 0.339 e. The summed E-state index contributed by atoms with van der Waals surface area (Å²) in [5.74, 6) is -0.414. The topological polar surface area (TPSA) is 75.7 Å². The summed E-state index contributed by atoms with van der Waals surface area (Å²) in [7, 11) is 3.14. The molecular formula is C20H26N2O4. The largest absolute Gasteiger partial charge is 0.465 e.